The topological polar surface area (TPSA) is 96.0 Å². The van der Waals surface area contributed by atoms with E-state index in [4.69, 9.17) is 4.74 Å². The summed E-state index contributed by atoms with van der Waals surface area (Å²) < 4.78 is 35.0. The van der Waals surface area contributed by atoms with Gasteiger partial charge >= 0.3 is 0 Å². The standard InChI is InChI=1S/C35H39N3O5S/c1-4-23-36-35(40)33(5-2)37(25-28-14-12-13-27(3)24-28)34(39)26-38(44(41,42)32-17-10-7-11-18-32)29-19-21-31(22-20-29)43-30-15-8-6-9-16-30/h6-22,24,33H,4-5,23,25-26H2,1-3H3,(H,36,40)/t33-/m1/s1. The van der Waals surface area contributed by atoms with E-state index in [2.05, 4.69) is 5.32 Å². The highest BCUT2D eigenvalue weighted by atomic mass is 32.2. The van der Waals surface area contributed by atoms with Crippen LogP contribution in [0.5, 0.6) is 11.5 Å². The molecule has 1 N–H and O–H groups in total. The van der Waals surface area contributed by atoms with Gasteiger partial charge in [-0.3, -0.25) is 13.9 Å². The molecular formula is C35H39N3O5S. The van der Waals surface area contributed by atoms with E-state index in [9.17, 15) is 18.0 Å². The van der Waals surface area contributed by atoms with Crippen LogP contribution in [0.1, 0.15) is 37.8 Å². The first-order valence-electron chi connectivity index (χ1n) is 14.8. The molecule has 1 atom stereocenters. The number of aryl methyl sites for hydroxylation is 1. The molecule has 0 radical (unpaired) electrons. The second-order valence-electron chi connectivity index (χ2n) is 10.5. The third-order valence-corrected chi connectivity index (χ3v) is 8.87. The molecule has 0 spiro atoms. The van der Waals surface area contributed by atoms with Crippen molar-refractivity contribution in [2.75, 3.05) is 17.4 Å². The predicted octanol–water partition coefficient (Wildman–Crippen LogP) is 6.32. The minimum atomic E-state index is -4.16. The van der Waals surface area contributed by atoms with Crippen LogP contribution in [0, 0.1) is 6.92 Å². The Morgan fingerprint density at radius 3 is 2.07 bits per heavy atom. The number of nitrogens with one attached hydrogen (secondary N) is 1. The molecule has 0 bridgehead atoms. The summed E-state index contributed by atoms with van der Waals surface area (Å²) >= 11 is 0. The molecular weight excluding hydrogens is 574 g/mol. The van der Waals surface area contributed by atoms with Crippen molar-refractivity contribution in [2.24, 2.45) is 0 Å². The van der Waals surface area contributed by atoms with Gasteiger partial charge in [-0.25, -0.2) is 8.42 Å². The fourth-order valence-electron chi connectivity index (χ4n) is 4.85. The zero-order chi connectivity index (χ0) is 31.5. The van der Waals surface area contributed by atoms with Crippen LogP contribution < -0.4 is 14.4 Å². The Labute approximate surface area is 260 Å². The van der Waals surface area contributed by atoms with E-state index in [1.165, 1.54) is 17.0 Å². The Balaban J connectivity index is 1.71. The quantitative estimate of drug-likeness (QED) is 0.180. The van der Waals surface area contributed by atoms with Crippen LogP contribution in [0.15, 0.2) is 114 Å². The second-order valence-corrected chi connectivity index (χ2v) is 12.3. The lowest BCUT2D eigenvalue weighted by Crippen LogP contribution is -2.52. The van der Waals surface area contributed by atoms with Crippen LogP contribution >= 0.6 is 0 Å². The first-order chi connectivity index (χ1) is 21.2. The zero-order valence-electron chi connectivity index (χ0n) is 25.3. The Bertz CT molecular complexity index is 1630. The highest BCUT2D eigenvalue weighted by Crippen LogP contribution is 2.28. The van der Waals surface area contributed by atoms with Gasteiger partial charge in [0.25, 0.3) is 10.0 Å². The van der Waals surface area contributed by atoms with Crippen molar-refractivity contribution >= 4 is 27.5 Å². The minimum Gasteiger partial charge on any atom is -0.457 e. The van der Waals surface area contributed by atoms with Gasteiger partial charge in [0.15, 0.2) is 0 Å². The molecule has 0 heterocycles. The van der Waals surface area contributed by atoms with E-state index in [0.29, 0.717) is 30.2 Å². The maximum absolute atomic E-state index is 14.2. The van der Waals surface area contributed by atoms with Crippen LogP contribution in [0.2, 0.25) is 0 Å². The fraction of sp³-hybridized carbons (Fsp3) is 0.257. The van der Waals surface area contributed by atoms with Crippen molar-refractivity contribution in [1.29, 1.82) is 0 Å². The molecule has 230 valence electrons. The summed E-state index contributed by atoms with van der Waals surface area (Å²) in [5, 5.41) is 2.90. The highest BCUT2D eigenvalue weighted by Gasteiger charge is 2.33. The molecule has 0 saturated heterocycles. The number of benzene rings is 4. The lowest BCUT2D eigenvalue weighted by atomic mass is 10.1. The molecule has 0 aliphatic heterocycles. The van der Waals surface area contributed by atoms with Crippen LogP contribution in [0.25, 0.3) is 0 Å². The smallest absolute Gasteiger partial charge is 0.264 e. The van der Waals surface area contributed by atoms with Crippen molar-refractivity contribution in [3.8, 4) is 11.5 Å². The van der Waals surface area contributed by atoms with Gasteiger partial charge in [-0.05, 0) is 73.9 Å². The number of hydrogen-bond acceptors (Lipinski definition) is 5. The van der Waals surface area contributed by atoms with Gasteiger partial charge in [-0.2, -0.15) is 0 Å². The van der Waals surface area contributed by atoms with Gasteiger partial charge in [-0.1, -0.05) is 80.1 Å². The largest absolute Gasteiger partial charge is 0.457 e. The van der Waals surface area contributed by atoms with Gasteiger partial charge in [0.2, 0.25) is 11.8 Å². The van der Waals surface area contributed by atoms with Gasteiger partial charge in [0.05, 0.1) is 10.6 Å². The number of rotatable bonds is 14. The number of nitrogens with zero attached hydrogens (tertiary/aromatic N) is 2. The summed E-state index contributed by atoms with van der Waals surface area (Å²) in [6.45, 7) is 5.89. The number of carbonyl (C=O) groups is 2. The van der Waals surface area contributed by atoms with Crippen molar-refractivity contribution < 1.29 is 22.7 Å². The summed E-state index contributed by atoms with van der Waals surface area (Å²) in [6.07, 6.45) is 1.12. The maximum atomic E-state index is 14.2. The number of anilines is 1. The average Bonchev–Trinajstić information content (AvgIpc) is 3.03. The predicted molar refractivity (Wildman–Crippen MR) is 173 cm³/mol. The van der Waals surface area contributed by atoms with Crippen molar-refractivity contribution in [1.82, 2.24) is 10.2 Å². The number of sulfonamides is 1. The van der Waals surface area contributed by atoms with Crippen LogP contribution in [-0.2, 0) is 26.2 Å². The summed E-state index contributed by atoms with van der Waals surface area (Å²) in [5.41, 5.74) is 2.16. The van der Waals surface area contributed by atoms with E-state index in [1.807, 2.05) is 75.4 Å². The van der Waals surface area contributed by atoms with Crippen molar-refractivity contribution in [3.05, 3.63) is 120 Å². The average molecular weight is 614 g/mol. The molecule has 2 amide bonds. The Morgan fingerprint density at radius 2 is 1.45 bits per heavy atom. The normalized spacial score (nSPS) is 11.8. The Morgan fingerprint density at radius 1 is 0.818 bits per heavy atom. The summed E-state index contributed by atoms with van der Waals surface area (Å²) in [6, 6.07) is 30.7. The van der Waals surface area contributed by atoms with E-state index in [1.54, 1.807) is 42.5 Å². The maximum Gasteiger partial charge on any atom is 0.264 e. The van der Waals surface area contributed by atoms with E-state index in [-0.39, 0.29) is 17.3 Å². The first kappa shape index (κ1) is 32.3. The Kier molecular flexibility index (Phi) is 11.2. The van der Waals surface area contributed by atoms with Gasteiger partial charge < -0.3 is 15.0 Å². The monoisotopic (exact) mass is 613 g/mol. The summed E-state index contributed by atoms with van der Waals surface area (Å²) in [4.78, 5) is 29.0. The lowest BCUT2D eigenvalue weighted by molar-refractivity contribution is -0.140. The third kappa shape index (κ3) is 8.26. The number of ether oxygens (including phenoxy) is 1. The van der Waals surface area contributed by atoms with Gasteiger partial charge in [0.1, 0.15) is 24.1 Å². The fourth-order valence-corrected chi connectivity index (χ4v) is 6.28. The van der Waals surface area contributed by atoms with Gasteiger partial charge in [-0.15, -0.1) is 0 Å². The number of hydrogen-bond donors (Lipinski definition) is 1. The third-order valence-electron chi connectivity index (χ3n) is 7.08. The summed E-state index contributed by atoms with van der Waals surface area (Å²) in [7, 11) is -4.16. The van der Waals surface area contributed by atoms with E-state index < -0.39 is 28.5 Å². The number of amides is 2. The second kappa shape index (κ2) is 15.2. The molecule has 0 unspecified atom stereocenters. The molecule has 8 nitrogen and oxygen atoms in total. The van der Waals surface area contributed by atoms with Crippen molar-refractivity contribution in [3.63, 3.8) is 0 Å². The summed E-state index contributed by atoms with van der Waals surface area (Å²) in [5.74, 6) is 0.398. The van der Waals surface area contributed by atoms with Gasteiger partial charge in [0, 0.05) is 13.1 Å². The van der Waals surface area contributed by atoms with Crippen LogP contribution in [-0.4, -0.2) is 44.3 Å². The van der Waals surface area contributed by atoms with E-state index >= 15 is 0 Å². The minimum absolute atomic E-state index is 0.0513. The molecule has 0 fully saturated rings. The number of carbonyl (C=O) groups excluding carboxylic acids is 2. The van der Waals surface area contributed by atoms with Crippen LogP contribution in [0.4, 0.5) is 5.69 Å². The van der Waals surface area contributed by atoms with E-state index in [0.717, 1.165) is 21.9 Å². The first-order valence-corrected chi connectivity index (χ1v) is 16.2. The molecule has 0 saturated carbocycles. The molecule has 0 aliphatic rings. The molecule has 4 aromatic carbocycles. The Hall–Kier alpha value is -4.63. The zero-order valence-corrected chi connectivity index (χ0v) is 26.2. The lowest BCUT2D eigenvalue weighted by Gasteiger charge is -2.33. The molecule has 9 heteroatoms. The number of para-hydroxylation sites is 1. The molecule has 0 aliphatic carbocycles. The van der Waals surface area contributed by atoms with Crippen LogP contribution in [0.3, 0.4) is 0 Å². The van der Waals surface area contributed by atoms with Crippen molar-refractivity contribution in [2.45, 2.75) is 51.1 Å². The SMILES string of the molecule is CCCNC(=O)[C@@H](CC)N(Cc1cccc(C)c1)C(=O)CN(c1ccc(Oc2ccccc2)cc1)S(=O)(=O)c1ccccc1. The molecule has 44 heavy (non-hydrogen) atoms. The molecule has 4 rings (SSSR count). The highest BCUT2D eigenvalue weighted by molar-refractivity contribution is 7.92. The molecule has 0 aromatic heterocycles. The molecule has 4 aromatic rings.